The van der Waals surface area contributed by atoms with Crippen LogP contribution in [0.3, 0.4) is 0 Å². The number of para-hydroxylation sites is 1. The van der Waals surface area contributed by atoms with Crippen molar-refractivity contribution in [3.63, 3.8) is 0 Å². The van der Waals surface area contributed by atoms with Crippen LogP contribution in [0.2, 0.25) is 0 Å². The Balaban J connectivity index is 1.80. The normalized spacial score (nSPS) is 11.6. The Hall–Kier alpha value is -2.49. The van der Waals surface area contributed by atoms with E-state index >= 15 is 0 Å². The Morgan fingerprint density at radius 3 is 2.57 bits per heavy atom. The number of amides is 1. The summed E-state index contributed by atoms with van der Waals surface area (Å²) in [7, 11) is 1.64. The Bertz CT molecular complexity index is 640. The molecule has 0 aliphatic carbocycles. The van der Waals surface area contributed by atoms with Crippen LogP contribution in [0.1, 0.15) is 18.1 Å². The number of aryl methyl sites for hydroxylation is 1. The molecule has 0 saturated heterocycles. The van der Waals surface area contributed by atoms with Gasteiger partial charge in [0, 0.05) is 0 Å². The minimum Gasteiger partial charge on any atom is -0.496 e. The van der Waals surface area contributed by atoms with E-state index in [0.717, 1.165) is 22.6 Å². The largest absolute Gasteiger partial charge is 0.496 e. The van der Waals surface area contributed by atoms with E-state index in [9.17, 15) is 4.79 Å². The topological polar surface area (TPSA) is 47.6 Å². The number of carbonyl (C=O) groups excluding carboxylic acids is 1. The summed E-state index contributed by atoms with van der Waals surface area (Å²) < 4.78 is 10.9. The van der Waals surface area contributed by atoms with E-state index in [-0.39, 0.29) is 11.9 Å². The Morgan fingerprint density at radius 2 is 1.91 bits per heavy atom. The van der Waals surface area contributed by atoms with Gasteiger partial charge in [-0.1, -0.05) is 30.3 Å². The number of methoxy groups -OCH3 is 1. The van der Waals surface area contributed by atoms with Crippen LogP contribution in [0, 0.1) is 6.92 Å². The van der Waals surface area contributed by atoms with Gasteiger partial charge >= 0.3 is 0 Å². The van der Waals surface area contributed by atoms with Gasteiger partial charge in [-0.3, -0.25) is 4.79 Å². The minimum absolute atomic E-state index is 0.0151. The third kappa shape index (κ3) is 5.33. The summed E-state index contributed by atoms with van der Waals surface area (Å²) in [5, 5.41) is 2.95. The first kappa shape index (κ1) is 16.9. The molecular weight excluding hydrogens is 290 g/mol. The first-order valence-corrected chi connectivity index (χ1v) is 7.69. The van der Waals surface area contributed by atoms with E-state index in [0.29, 0.717) is 13.0 Å². The van der Waals surface area contributed by atoms with E-state index in [1.165, 1.54) is 0 Å². The third-order valence-corrected chi connectivity index (χ3v) is 3.47. The van der Waals surface area contributed by atoms with E-state index in [2.05, 4.69) is 5.32 Å². The molecule has 23 heavy (non-hydrogen) atoms. The van der Waals surface area contributed by atoms with E-state index < -0.39 is 0 Å². The molecule has 0 aliphatic heterocycles. The van der Waals surface area contributed by atoms with Crippen LogP contribution >= 0.6 is 0 Å². The van der Waals surface area contributed by atoms with Gasteiger partial charge in [0.1, 0.15) is 18.1 Å². The van der Waals surface area contributed by atoms with Crippen molar-refractivity contribution in [3.8, 4) is 11.5 Å². The molecule has 2 rings (SSSR count). The van der Waals surface area contributed by atoms with Crippen LogP contribution in [-0.4, -0.2) is 25.7 Å². The summed E-state index contributed by atoms with van der Waals surface area (Å²) in [6.45, 7) is 4.34. The van der Waals surface area contributed by atoms with Crippen molar-refractivity contribution in [1.82, 2.24) is 5.32 Å². The van der Waals surface area contributed by atoms with Gasteiger partial charge in [-0.05, 0) is 43.2 Å². The lowest BCUT2D eigenvalue weighted by Crippen LogP contribution is -2.37. The molecule has 2 aromatic carbocycles. The standard InChI is InChI=1S/C19H23NO3/c1-14-11-16(9-10-18(14)22-3)12-19(21)20-15(2)13-23-17-7-5-4-6-8-17/h4-11,15H,12-13H2,1-3H3,(H,20,21)/t15-/m1/s1. The average molecular weight is 313 g/mol. The third-order valence-electron chi connectivity index (χ3n) is 3.47. The van der Waals surface area contributed by atoms with Crippen molar-refractivity contribution in [2.75, 3.05) is 13.7 Å². The van der Waals surface area contributed by atoms with E-state index in [4.69, 9.17) is 9.47 Å². The van der Waals surface area contributed by atoms with Crippen LogP contribution < -0.4 is 14.8 Å². The predicted octanol–water partition coefficient (Wildman–Crippen LogP) is 3.13. The zero-order valence-electron chi connectivity index (χ0n) is 13.8. The van der Waals surface area contributed by atoms with Gasteiger partial charge in [0.2, 0.25) is 5.91 Å². The number of nitrogens with one attached hydrogen (secondary N) is 1. The molecule has 122 valence electrons. The van der Waals surface area contributed by atoms with Crippen molar-refractivity contribution in [2.24, 2.45) is 0 Å². The molecule has 1 amide bonds. The number of carbonyl (C=O) groups is 1. The number of rotatable bonds is 7. The molecule has 0 spiro atoms. The smallest absolute Gasteiger partial charge is 0.224 e. The zero-order chi connectivity index (χ0) is 16.7. The van der Waals surface area contributed by atoms with Gasteiger partial charge in [0.25, 0.3) is 0 Å². The Labute approximate surface area is 137 Å². The minimum atomic E-state index is -0.0537. The highest BCUT2D eigenvalue weighted by atomic mass is 16.5. The Morgan fingerprint density at radius 1 is 1.17 bits per heavy atom. The second-order valence-corrected chi connectivity index (χ2v) is 5.57. The van der Waals surface area contributed by atoms with Gasteiger partial charge in [-0.15, -0.1) is 0 Å². The molecular formula is C19H23NO3. The fourth-order valence-corrected chi connectivity index (χ4v) is 2.34. The van der Waals surface area contributed by atoms with E-state index in [1.54, 1.807) is 7.11 Å². The SMILES string of the molecule is COc1ccc(CC(=O)N[C@H](C)COc2ccccc2)cc1C. The lowest BCUT2D eigenvalue weighted by molar-refractivity contribution is -0.121. The number of hydrogen-bond acceptors (Lipinski definition) is 3. The molecule has 4 heteroatoms. The second-order valence-electron chi connectivity index (χ2n) is 5.57. The van der Waals surface area contributed by atoms with Gasteiger partial charge < -0.3 is 14.8 Å². The molecule has 0 bridgehead atoms. The van der Waals surface area contributed by atoms with Gasteiger partial charge in [0.05, 0.1) is 19.6 Å². The van der Waals surface area contributed by atoms with Crippen molar-refractivity contribution in [2.45, 2.75) is 26.3 Å². The molecule has 0 aromatic heterocycles. The molecule has 0 radical (unpaired) electrons. The predicted molar refractivity (Wildman–Crippen MR) is 91.0 cm³/mol. The summed E-state index contributed by atoms with van der Waals surface area (Å²) in [6.07, 6.45) is 0.348. The lowest BCUT2D eigenvalue weighted by Gasteiger charge is -2.15. The number of ether oxygens (including phenoxy) is 2. The molecule has 0 unspecified atom stereocenters. The monoisotopic (exact) mass is 313 g/mol. The van der Waals surface area contributed by atoms with Gasteiger partial charge in [-0.25, -0.2) is 0 Å². The summed E-state index contributed by atoms with van der Waals surface area (Å²) in [5.41, 5.74) is 2.00. The summed E-state index contributed by atoms with van der Waals surface area (Å²) >= 11 is 0. The molecule has 1 N–H and O–H groups in total. The van der Waals surface area contributed by atoms with Gasteiger partial charge in [-0.2, -0.15) is 0 Å². The van der Waals surface area contributed by atoms with Crippen LogP contribution in [0.15, 0.2) is 48.5 Å². The lowest BCUT2D eigenvalue weighted by atomic mass is 10.1. The van der Waals surface area contributed by atoms with Crippen molar-refractivity contribution < 1.29 is 14.3 Å². The average Bonchev–Trinajstić information content (AvgIpc) is 2.54. The summed E-state index contributed by atoms with van der Waals surface area (Å²) in [4.78, 5) is 12.1. The summed E-state index contributed by atoms with van der Waals surface area (Å²) in [5.74, 6) is 1.62. The molecule has 0 aliphatic rings. The second kappa shape index (κ2) is 8.22. The molecule has 0 saturated carbocycles. The highest BCUT2D eigenvalue weighted by Crippen LogP contribution is 2.18. The first-order chi connectivity index (χ1) is 11.1. The Kier molecular flexibility index (Phi) is 6.03. The maximum absolute atomic E-state index is 12.1. The maximum Gasteiger partial charge on any atom is 0.224 e. The highest BCUT2D eigenvalue weighted by molar-refractivity contribution is 5.79. The summed E-state index contributed by atoms with van der Waals surface area (Å²) in [6, 6.07) is 15.3. The molecule has 2 aromatic rings. The van der Waals surface area contributed by atoms with Crippen molar-refractivity contribution in [3.05, 3.63) is 59.7 Å². The van der Waals surface area contributed by atoms with E-state index in [1.807, 2.05) is 62.4 Å². The number of benzene rings is 2. The zero-order valence-corrected chi connectivity index (χ0v) is 13.8. The maximum atomic E-state index is 12.1. The fraction of sp³-hybridized carbons (Fsp3) is 0.316. The fourth-order valence-electron chi connectivity index (χ4n) is 2.34. The van der Waals surface area contributed by atoms with Crippen LogP contribution in [0.4, 0.5) is 0 Å². The highest BCUT2D eigenvalue weighted by Gasteiger charge is 2.10. The quantitative estimate of drug-likeness (QED) is 0.854. The van der Waals surface area contributed by atoms with Gasteiger partial charge in [0.15, 0.2) is 0 Å². The van der Waals surface area contributed by atoms with Crippen molar-refractivity contribution in [1.29, 1.82) is 0 Å². The van der Waals surface area contributed by atoms with Crippen LogP contribution in [-0.2, 0) is 11.2 Å². The van der Waals surface area contributed by atoms with Crippen LogP contribution in [0.25, 0.3) is 0 Å². The first-order valence-electron chi connectivity index (χ1n) is 7.69. The molecule has 0 fully saturated rings. The molecule has 4 nitrogen and oxygen atoms in total. The number of hydrogen-bond donors (Lipinski definition) is 1. The molecule has 0 heterocycles. The van der Waals surface area contributed by atoms with Crippen molar-refractivity contribution >= 4 is 5.91 Å². The van der Waals surface area contributed by atoms with Crippen LogP contribution in [0.5, 0.6) is 11.5 Å². The molecule has 1 atom stereocenters.